The van der Waals surface area contributed by atoms with E-state index in [1.807, 2.05) is 6.92 Å². The van der Waals surface area contributed by atoms with Crippen molar-refractivity contribution in [2.45, 2.75) is 57.8 Å². The van der Waals surface area contributed by atoms with Crippen molar-refractivity contribution in [2.75, 3.05) is 20.1 Å². The second-order valence-corrected chi connectivity index (χ2v) is 6.85. The minimum Gasteiger partial charge on any atom is -0.388 e. The van der Waals surface area contributed by atoms with Crippen molar-refractivity contribution in [1.29, 1.82) is 0 Å². The highest BCUT2D eigenvalue weighted by atomic mass is 16.3. The third-order valence-corrected chi connectivity index (χ3v) is 6.30. The number of hydrogen-bond donors (Lipinski definition) is 2. The second-order valence-electron chi connectivity index (χ2n) is 6.85. The highest BCUT2D eigenvalue weighted by Crippen LogP contribution is 2.54. The van der Waals surface area contributed by atoms with Gasteiger partial charge in [0.2, 0.25) is 0 Å². The molecule has 1 saturated heterocycles. The summed E-state index contributed by atoms with van der Waals surface area (Å²) in [4.78, 5) is 0. The summed E-state index contributed by atoms with van der Waals surface area (Å²) in [5, 5.41) is 21.7. The number of likely N-dealkylation sites (tertiary alicyclic amines) is 1. The lowest BCUT2D eigenvalue weighted by Gasteiger charge is -2.62. The fourth-order valence-electron chi connectivity index (χ4n) is 4.13. The summed E-state index contributed by atoms with van der Waals surface area (Å²) in [6.07, 6.45) is 1.76. The number of rotatable bonds is 1. The van der Waals surface area contributed by atoms with E-state index in [1.54, 1.807) is 0 Å². The quantitative estimate of drug-likeness (QED) is 0.552. The highest BCUT2D eigenvalue weighted by molar-refractivity contribution is 5.21. The summed E-state index contributed by atoms with van der Waals surface area (Å²) in [5.41, 5.74) is -0.326. The summed E-state index contributed by atoms with van der Waals surface area (Å²) in [6, 6.07) is 0.156. The molecule has 0 spiro atoms. The zero-order valence-corrected chi connectivity index (χ0v) is 12.2. The number of likely N-dealkylation sites (N-methyl/N-ethyl adjacent to an activating group) is 1. The molecule has 5 unspecified atom stereocenters. The smallest absolute Gasteiger partial charge is 0.125 e. The molecule has 104 valence electrons. The number of quaternary nitrogens is 1. The Balaban J connectivity index is 2.43. The standard InChI is InChI=1S/C15H28NO2/c1-6-16(5)10-9-14(4)13(17)11(2)7-8-15(14,18)12(16)3/h12-13,17-18H,2,6-10H2,1,3-5H3/q+1. The first kappa shape index (κ1) is 14.0. The number of nitrogens with zero attached hydrogens (tertiary/aromatic N) is 1. The number of fused-ring (bicyclic) bond motifs is 1. The molecule has 1 heterocycles. The first-order valence-electron chi connectivity index (χ1n) is 7.13. The molecule has 3 nitrogen and oxygen atoms in total. The van der Waals surface area contributed by atoms with Crippen LogP contribution in [0.2, 0.25) is 0 Å². The topological polar surface area (TPSA) is 40.5 Å². The molecule has 1 saturated carbocycles. The zero-order valence-electron chi connectivity index (χ0n) is 12.2. The van der Waals surface area contributed by atoms with Gasteiger partial charge in [-0.05, 0) is 32.3 Å². The molecule has 3 heteroatoms. The van der Waals surface area contributed by atoms with Crippen LogP contribution in [0.1, 0.15) is 40.0 Å². The fraction of sp³-hybridized carbons (Fsp3) is 0.867. The van der Waals surface area contributed by atoms with Crippen molar-refractivity contribution in [1.82, 2.24) is 0 Å². The van der Waals surface area contributed by atoms with Crippen LogP contribution in [0.4, 0.5) is 0 Å². The summed E-state index contributed by atoms with van der Waals surface area (Å²) in [5.74, 6) is 0. The van der Waals surface area contributed by atoms with Crippen molar-refractivity contribution < 1.29 is 14.7 Å². The van der Waals surface area contributed by atoms with Crippen molar-refractivity contribution >= 4 is 0 Å². The summed E-state index contributed by atoms with van der Waals surface area (Å²) < 4.78 is 0.894. The van der Waals surface area contributed by atoms with Gasteiger partial charge >= 0.3 is 0 Å². The van der Waals surface area contributed by atoms with Crippen LogP contribution in [0.15, 0.2) is 12.2 Å². The average Bonchev–Trinajstić information content (AvgIpc) is 2.36. The predicted octanol–water partition coefficient (Wildman–Crippen LogP) is 1.69. The van der Waals surface area contributed by atoms with Crippen LogP contribution in [-0.2, 0) is 0 Å². The Kier molecular flexibility index (Phi) is 3.16. The number of piperidine rings is 1. The highest BCUT2D eigenvalue weighted by Gasteiger charge is 2.64. The molecule has 0 bridgehead atoms. The Hall–Kier alpha value is -0.380. The van der Waals surface area contributed by atoms with Gasteiger partial charge in [0.1, 0.15) is 11.6 Å². The van der Waals surface area contributed by atoms with Crippen molar-refractivity contribution in [2.24, 2.45) is 5.41 Å². The van der Waals surface area contributed by atoms with Crippen LogP contribution in [-0.4, -0.2) is 52.6 Å². The maximum absolute atomic E-state index is 11.3. The molecule has 2 N–H and O–H groups in total. The van der Waals surface area contributed by atoms with Gasteiger partial charge < -0.3 is 14.7 Å². The van der Waals surface area contributed by atoms with Crippen LogP contribution in [0, 0.1) is 5.41 Å². The number of hydrogen-bond acceptors (Lipinski definition) is 2. The Bertz CT molecular complexity index is 370. The first-order valence-corrected chi connectivity index (χ1v) is 7.13. The lowest BCUT2D eigenvalue weighted by Crippen LogP contribution is -2.74. The summed E-state index contributed by atoms with van der Waals surface area (Å²) in [6.45, 7) is 12.4. The maximum atomic E-state index is 11.3. The number of aliphatic hydroxyl groups is 2. The van der Waals surface area contributed by atoms with E-state index in [-0.39, 0.29) is 6.04 Å². The van der Waals surface area contributed by atoms with E-state index in [9.17, 15) is 10.2 Å². The SMILES string of the molecule is C=C1CCC2(O)C(C)[N+](C)(CC)CCC2(C)C1O. The lowest BCUT2D eigenvalue weighted by molar-refractivity contribution is -0.946. The van der Waals surface area contributed by atoms with Gasteiger partial charge in [0.05, 0.1) is 26.2 Å². The molecular formula is C15H28NO2+. The summed E-state index contributed by atoms with van der Waals surface area (Å²) >= 11 is 0. The van der Waals surface area contributed by atoms with E-state index in [0.29, 0.717) is 0 Å². The fourth-order valence-corrected chi connectivity index (χ4v) is 4.13. The Morgan fingerprint density at radius 1 is 1.44 bits per heavy atom. The minimum absolute atomic E-state index is 0.156. The molecule has 0 radical (unpaired) electrons. The molecular weight excluding hydrogens is 226 g/mol. The zero-order chi connectivity index (χ0) is 13.8. The van der Waals surface area contributed by atoms with Gasteiger partial charge in [-0.25, -0.2) is 0 Å². The lowest BCUT2D eigenvalue weighted by atomic mass is 9.55. The molecule has 2 fully saturated rings. The average molecular weight is 254 g/mol. The molecule has 0 aromatic rings. The third kappa shape index (κ3) is 1.54. The van der Waals surface area contributed by atoms with Gasteiger partial charge in [0, 0.05) is 11.8 Å². The van der Waals surface area contributed by atoms with E-state index in [0.717, 1.165) is 42.4 Å². The largest absolute Gasteiger partial charge is 0.388 e. The van der Waals surface area contributed by atoms with E-state index >= 15 is 0 Å². The molecule has 0 aromatic carbocycles. The second kappa shape index (κ2) is 4.06. The van der Waals surface area contributed by atoms with Gasteiger partial charge in [-0.15, -0.1) is 0 Å². The van der Waals surface area contributed by atoms with Gasteiger partial charge in [-0.1, -0.05) is 13.5 Å². The van der Waals surface area contributed by atoms with Gasteiger partial charge in [0.15, 0.2) is 0 Å². The van der Waals surface area contributed by atoms with Crippen molar-refractivity contribution in [3.63, 3.8) is 0 Å². The van der Waals surface area contributed by atoms with Crippen LogP contribution >= 0.6 is 0 Å². The molecule has 5 atom stereocenters. The third-order valence-electron chi connectivity index (χ3n) is 6.30. The van der Waals surface area contributed by atoms with E-state index in [2.05, 4.69) is 27.5 Å². The molecule has 1 aliphatic carbocycles. The van der Waals surface area contributed by atoms with E-state index in [1.165, 1.54) is 0 Å². The Morgan fingerprint density at radius 2 is 2.06 bits per heavy atom. The van der Waals surface area contributed by atoms with Crippen LogP contribution < -0.4 is 0 Å². The van der Waals surface area contributed by atoms with E-state index < -0.39 is 17.1 Å². The predicted molar refractivity (Wildman–Crippen MR) is 73.1 cm³/mol. The maximum Gasteiger partial charge on any atom is 0.125 e. The van der Waals surface area contributed by atoms with Gasteiger partial charge in [0.25, 0.3) is 0 Å². The molecule has 0 aromatic heterocycles. The molecule has 18 heavy (non-hydrogen) atoms. The van der Waals surface area contributed by atoms with Crippen molar-refractivity contribution in [3.05, 3.63) is 12.2 Å². The molecule has 2 rings (SSSR count). The van der Waals surface area contributed by atoms with Crippen molar-refractivity contribution in [3.8, 4) is 0 Å². The number of aliphatic hydroxyl groups excluding tert-OH is 1. The van der Waals surface area contributed by atoms with Gasteiger partial charge in [-0.3, -0.25) is 0 Å². The van der Waals surface area contributed by atoms with E-state index in [4.69, 9.17) is 0 Å². The summed E-state index contributed by atoms with van der Waals surface area (Å²) in [7, 11) is 2.22. The molecule has 1 aliphatic heterocycles. The molecule has 2 aliphatic rings. The molecule has 0 amide bonds. The first-order chi connectivity index (χ1) is 8.21. The Labute approximate surface area is 111 Å². The normalized spacial score (nSPS) is 53.1. The Morgan fingerprint density at radius 3 is 2.61 bits per heavy atom. The minimum atomic E-state index is -0.781. The van der Waals surface area contributed by atoms with Crippen LogP contribution in [0.25, 0.3) is 0 Å². The van der Waals surface area contributed by atoms with Crippen LogP contribution in [0.3, 0.4) is 0 Å². The monoisotopic (exact) mass is 254 g/mol. The van der Waals surface area contributed by atoms with Gasteiger partial charge in [-0.2, -0.15) is 0 Å². The van der Waals surface area contributed by atoms with Crippen LogP contribution in [0.5, 0.6) is 0 Å².